The zero-order chi connectivity index (χ0) is 40.9. The van der Waals surface area contributed by atoms with Crippen molar-refractivity contribution in [2.24, 2.45) is 0 Å². The minimum Gasteiger partial charge on any atom is -0.456 e. The Morgan fingerprint density at radius 3 is 1.35 bits per heavy atom. The zero-order valence-electron chi connectivity index (χ0n) is 32.3. The van der Waals surface area contributed by atoms with Crippen molar-refractivity contribution in [3.63, 3.8) is 0 Å². The molecule has 0 saturated carbocycles. The van der Waals surface area contributed by atoms with Crippen LogP contribution in [0.3, 0.4) is 0 Å². The van der Waals surface area contributed by atoms with E-state index in [1.807, 2.05) is 84.9 Å². The lowest BCUT2D eigenvalue weighted by molar-refractivity contribution is 0.669. The summed E-state index contributed by atoms with van der Waals surface area (Å²) in [6, 6.07) is 57.5. The fourth-order valence-electron chi connectivity index (χ4n) is 7.86. The monoisotopic (exact) mass is 753 g/mol. The summed E-state index contributed by atoms with van der Waals surface area (Å²) >= 11 is 0. The summed E-state index contributed by atoms with van der Waals surface area (Å²) in [6.45, 7) is 0. The molecule has 0 aliphatic carbocycles. The first-order valence-electron chi connectivity index (χ1n) is 19.5. The lowest BCUT2D eigenvalue weighted by Crippen LogP contribution is -2.55. The van der Waals surface area contributed by atoms with Gasteiger partial charge in [0.1, 0.15) is 50.4 Å². The van der Waals surface area contributed by atoms with Crippen LogP contribution in [0.1, 0.15) is 0 Å². The van der Waals surface area contributed by atoms with Crippen LogP contribution in [0.2, 0.25) is 0 Å². The summed E-state index contributed by atoms with van der Waals surface area (Å²) in [5.41, 5.74) is 13.0. The maximum absolute atomic E-state index is 6.54. The molecule has 4 nitrogen and oxygen atoms in total. The molecule has 0 saturated heterocycles. The van der Waals surface area contributed by atoms with Crippen LogP contribution < -0.4 is 27.3 Å². The summed E-state index contributed by atoms with van der Waals surface area (Å²) in [7, 11) is 31.4. The van der Waals surface area contributed by atoms with Gasteiger partial charge in [-0.2, -0.15) is 0 Å². The Labute approximate surface area is 354 Å². The molecule has 0 amide bonds. The van der Waals surface area contributed by atoms with Crippen LogP contribution >= 0.6 is 0 Å². The Bertz CT molecular complexity index is 3210. The molecule has 10 radical (unpaired) electrons. The molecule has 10 rings (SSSR count). The smallest absolute Gasteiger partial charge is 0.164 e. The standard InChI is InChI=1S/C51H28B5N3O/c52-44-42(45(53)47(55)48(56)46(44)54)35-13-7-14-36(27-35)50-57-49(34-11-5-2-6-12-34)58-51(59-50)37-25-26-39-41(28-37)60-40-16-8-15-38(43(39)40)33-23-21-32(22-24-33)31-19-17-30(18-20-31)29-9-3-1-4-10-29/h1-28H. The van der Waals surface area contributed by atoms with Gasteiger partial charge in [0, 0.05) is 27.5 Å². The average molecular weight is 753 g/mol. The van der Waals surface area contributed by atoms with Gasteiger partial charge in [-0.25, -0.2) is 15.0 Å². The maximum atomic E-state index is 6.54. The number of furan rings is 1. The normalized spacial score (nSPS) is 11.3. The van der Waals surface area contributed by atoms with E-state index in [9.17, 15) is 0 Å². The lowest BCUT2D eigenvalue weighted by atomic mass is 9.59. The van der Waals surface area contributed by atoms with Gasteiger partial charge >= 0.3 is 0 Å². The average Bonchev–Trinajstić information content (AvgIpc) is 3.69. The first-order valence-corrected chi connectivity index (χ1v) is 19.5. The molecule has 8 aromatic carbocycles. The number of fused-ring (bicyclic) bond motifs is 3. The largest absolute Gasteiger partial charge is 0.456 e. The predicted octanol–water partition coefficient (Wildman–Crippen LogP) is 7.41. The number of hydrogen-bond acceptors (Lipinski definition) is 4. The summed E-state index contributed by atoms with van der Waals surface area (Å²) < 4.78 is 6.54. The fourth-order valence-corrected chi connectivity index (χ4v) is 7.86. The van der Waals surface area contributed by atoms with Crippen molar-refractivity contribution in [3.05, 3.63) is 170 Å². The van der Waals surface area contributed by atoms with E-state index in [0.29, 0.717) is 34.2 Å². The van der Waals surface area contributed by atoms with E-state index >= 15 is 0 Å². The van der Waals surface area contributed by atoms with Gasteiger partial charge in [0.25, 0.3) is 0 Å². The van der Waals surface area contributed by atoms with Crippen molar-refractivity contribution in [3.8, 4) is 78.7 Å². The number of benzene rings is 8. The van der Waals surface area contributed by atoms with E-state index in [2.05, 4.69) is 84.9 Å². The Hall–Kier alpha value is -7.11. The summed E-state index contributed by atoms with van der Waals surface area (Å²) in [6.07, 6.45) is 0. The molecule has 0 atom stereocenters. The van der Waals surface area contributed by atoms with Gasteiger partial charge in [-0.3, -0.25) is 0 Å². The van der Waals surface area contributed by atoms with Gasteiger partial charge in [-0.05, 0) is 68.8 Å². The third kappa shape index (κ3) is 6.66. The van der Waals surface area contributed by atoms with E-state index in [4.69, 9.17) is 58.6 Å². The first-order chi connectivity index (χ1) is 29.3. The van der Waals surface area contributed by atoms with Crippen LogP contribution in [0.25, 0.3) is 101 Å². The molecule has 0 aliphatic rings. The Kier molecular flexibility index (Phi) is 9.45. The van der Waals surface area contributed by atoms with E-state index < -0.39 is 0 Å². The van der Waals surface area contributed by atoms with Crippen LogP contribution in [-0.2, 0) is 0 Å². The fraction of sp³-hybridized carbons (Fsp3) is 0. The SMILES string of the molecule is [B]c1c([B])c([B])c(-c2cccc(-c3nc(-c4ccccc4)nc(-c4ccc5c(c4)oc4cccc(-c6ccc(-c7ccc(-c8ccccc8)cc7)cc6)c45)n3)c2)c([B])c1[B]. The third-order valence-corrected chi connectivity index (χ3v) is 11.1. The van der Waals surface area contributed by atoms with Crippen LogP contribution in [-0.4, -0.2) is 54.2 Å². The molecule has 9 heteroatoms. The maximum Gasteiger partial charge on any atom is 0.164 e. The van der Waals surface area contributed by atoms with Crippen molar-refractivity contribution >= 4 is 88.5 Å². The molecule has 0 fully saturated rings. The number of rotatable bonds is 7. The van der Waals surface area contributed by atoms with E-state index in [1.54, 1.807) is 0 Å². The van der Waals surface area contributed by atoms with Gasteiger partial charge in [-0.1, -0.05) is 157 Å². The first kappa shape index (κ1) is 37.2. The van der Waals surface area contributed by atoms with Gasteiger partial charge in [0.05, 0.1) is 0 Å². The third-order valence-electron chi connectivity index (χ3n) is 11.1. The highest BCUT2D eigenvalue weighted by molar-refractivity contribution is 6.68. The molecule has 268 valence electrons. The molecule has 2 heterocycles. The Morgan fingerprint density at radius 2 is 0.750 bits per heavy atom. The molecule has 60 heavy (non-hydrogen) atoms. The number of nitrogens with zero attached hydrogens (tertiary/aromatic N) is 3. The van der Waals surface area contributed by atoms with Crippen LogP contribution in [0.5, 0.6) is 0 Å². The van der Waals surface area contributed by atoms with Crippen molar-refractivity contribution in [1.29, 1.82) is 0 Å². The van der Waals surface area contributed by atoms with E-state index in [0.717, 1.165) is 55.3 Å². The highest BCUT2D eigenvalue weighted by Crippen LogP contribution is 2.39. The van der Waals surface area contributed by atoms with Crippen molar-refractivity contribution in [2.45, 2.75) is 0 Å². The van der Waals surface area contributed by atoms with Gasteiger partial charge in [0.15, 0.2) is 17.5 Å². The molecular weight excluding hydrogens is 725 g/mol. The lowest BCUT2D eigenvalue weighted by Gasteiger charge is -2.21. The number of hydrogen-bond donors (Lipinski definition) is 0. The highest BCUT2D eigenvalue weighted by Gasteiger charge is 2.18. The Balaban J connectivity index is 1.02. The van der Waals surface area contributed by atoms with Gasteiger partial charge in [0.2, 0.25) is 0 Å². The minimum atomic E-state index is 0.160. The molecule has 2 aromatic heterocycles. The zero-order valence-corrected chi connectivity index (χ0v) is 32.3. The molecule has 0 N–H and O–H groups in total. The summed E-state index contributed by atoms with van der Waals surface area (Å²) in [4.78, 5) is 14.9. The predicted molar refractivity (Wildman–Crippen MR) is 252 cm³/mol. The minimum absolute atomic E-state index is 0.160. The molecule has 0 spiro atoms. The van der Waals surface area contributed by atoms with E-state index in [1.165, 1.54) is 11.1 Å². The highest BCUT2D eigenvalue weighted by atomic mass is 16.3. The molecule has 0 bridgehead atoms. The van der Waals surface area contributed by atoms with Crippen molar-refractivity contribution in [2.75, 3.05) is 0 Å². The molecule has 10 aromatic rings. The molecular formula is C51H28B5N3O. The number of aromatic nitrogens is 3. The second kappa shape index (κ2) is 15.2. The topological polar surface area (TPSA) is 51.8 Å². The second-order valence-electron chi connectivity index (χ2n) is 14.7. The quantitative estimate of drug-likeness (QED) is 0.159. The second-order valence-corrected chi connectivity index (χ2v) is 14.7. The van der Waals surface area contributed by atoms with Crippen molar-refractivity contribution in [1.82, 2.24) is 15.0 Å². The molecule has 0 unspecified atom stereocenters. The van der Waals surface area contributed by atoms with Crippen LogP contribution in [0.15, 0.2) is 174 Å². The van der Waals surface area contributed by atoms with E-state index in [-0.39, 0.29) is 27.3 Å². The molecule has 0 aliphatic heterocycles. The summed E-state index contributed by atoms with van der Waals surface area (Å²) in [5, 5.41) is 2.03. The summed E-state index contributed by atoms with van der Waals surface area (Å²) in [5.74, 6) is 1.46. The van der Waals surface area contributed by atoms with Crippen molar-refractivity contribution < 1.29 is 4.42 Å². The Morgan fingerprint density at radius 1 is 0.317 bits per heavy atom. The van der Waals surface area contributed by atoms with Gasteiger partial charge in [-0.15, -0.1) is 16.4 Å². The van der Waals surface area contributed by atoms with Crippen LogP contribution in [0.4, 0.5) is 0 Å². The van der Waals surface area contributed by atoms with Crippen LogP contribution in [0, 0.1) is 0 Å². The van der Waals surface area contributed by atoms with Gasteiger partial charge < -0.3 is 4.42 Å².